The maximum Gasteiger partial charge on any atom is 0.251 e. The number of nitrogens with one attached hydrogen (secondary N) is 2. The van der Waals surface area contributed by atoms with Crippen molar-refractivity contribution in [1.29, 1.82) is 0 Å². The fourth-order valence-corrected chi connectivity index (χ4v) is 3.95. The zero-order valence-corrected chi connectivity index (χ0v) is 11.1. The third-order valence-corrected chi connectivity index (χ3v) is 4.72. The summed E-state index contributed by atoms with van der Waals surface area (Å²) < 4.78 is 49.3. The third kappa shape index (κ3) is 3.98. The smallest absolute Gasteiger partial charge is 0.251 e. The lowest BCUT2D eigenvalue weighted by Crippen LogP contribution is -2.28. The monoisotopic (exact) mass is 284 g/mol. The van der Waals surface area contributed by atoms with E-state index in [9.17, 15) is 17.2 Å². The average Bonchev–Trinajstić information content (AvgIpc) is 2.58. The molecule has 8 heteroatoms. The zero-order valence-electron chi connectivity index (χ0n) is 9.46. The summed E-state index contributed by atoms with van der Waals surface area (Å²) in [7, 11) is -2.08. The summed E-state index contributed by atoms with van der Waals surface area (Å²) in [6, 6.07) is 1.50. The second-order valence-electron chi connectivity index (χ2n) is 3.41. The minimum absolute atomic E-state index is 0.0772. The molecule has 0 saturated carbocycles. The Morgan fingerprint density at radius 2 is 2.12 bits per heavy atom. The lowest BCUT2D eigenvalue weighted by Gasteiger charge is -2.04. The SMILES string of the molecule is CNCc1cc(S(=O)(=O)NCC(F)F)c(C)s1. The van der Waals surface area contributed by atoms with Crippen LogP contribution in [0.15, 0.2) is 11.0 Å². The van der Waals surface area contributed by atoms with E-state index in [2.05, 4.69) is 5.32 Å². The van der Waals surface area contributed by atoms with Gasteiger partial charge in [0.25, 0.3) is 6.43 Å². The van der Waals surface area contributed by atoms with Crippen LogP contribution in [0.2, 0.25) is 0 Å². The summed E-state index contributed by atoms with van der Waals surface area (Å²) in [6.07, 6.45) is -2.69. The van der Waals surface area contributed by atoms with Gasteiger partial charge in [-0.15, -0.1) is 11.3 Å². The van der Waals surface area contributed by atoms with E-state index < -0.39 is 23.0 Å². The number of thiophene rings is 1. The molecule has 1 aromatic heterocycles. The predicted octanol–water partition coefficient (Wildman–Crippen LogP) is 1.32. The Morgan fingerprint density at radius 3 is 2.65 bits per heavy atom. The van der Waals surface area contributed by atoms with Gasteiger partial charge in [-0.3, -0.25) is 0 Å². The molecule has 1 heterocycles. The van der Waals surface area contributed by atoms with Crippen LogP contribution in [0.1, 0.15) is 9.75 Å². The van der Waals surface area contributed by atoms with E-state index in [0.29, 0.717) is 11.4 Å². The van der Waals surface area contributed by atoms with E-state index in [0.717, 1.165) is 4.88 Å². The molecule has 1 aromatic rings. The molecule has 0 atom stereocenters. The second-order valence-corrected chi connectivity index (χ2v) is 6.48. The third-order valence-electron chi connectivity index (χ3n) is 1.99. The zero-order chi connectivity index (χ0) is 13.1. The van der Waals surface area contributed by atoms with Crippen LogP contribution in [0.4, 0.5) is 8.78 Å². The summed E-state index contributed by atoms with van der Waals surface area (Å²) in [4.78, 5) is 1.52. The van der Waals surface area contributed by atoms with Gasteiger partial charge < -0.3 is 5.32 Å². The summed E-state index contributed by atoms with van der Waals surface area (Å²) in [6.45, 7) is 1.34. The van der Waals surface area contributed by atoms with E-state index >= 15 is 0 Å². The number of hydrogen-bond acceptors (Lipinski definition) is 4. The van der Waals surface area contributed by atoms with Gasteiger partial charge in [0, 0.05) is 16.3 Å². The van der Waals surface area contributed by atoms with Crippen LogP contribution in [0.25, 0.3) is 0 Å². The van der Waals surface area contributed by atoms with E-state index in [1.165, 1.54) is 17.4 Å². The van der Waals surface area contributed by atoms with Crippen molar-refractivity contribution in [3.63, 3.8) is 0 Å². The average molecular weight is 284 g/mol. The quantitative estimate of drug-likeness (QED) is 0.828. The van der Waals surface area contributed by atoms with E-state index in [-0.39, 0.29) is 4.90 Å². The van der Waals surface area contributed by atoms with Crippen molar-refractivity contribution in [2.24, 2.45) is 0 Å². The summed E-state index contributed by atoms with van der Waals surface area (Å²) in [5.74, 6) is 0. The minimum atomic E-state index is -3.83. The predicted molar refractivity (Wildman–Crippen MR) is 63.0 cm³/mol. The Balaban J connectivity index is 2.90. The molecule has 2 N–H and O–H groups in total. The fraction of sp³-hybridized carbons (Fsp3) is 0.556. The molecule has 0 aliphatic heterocycles. The molecule has 4 nitrogen and oxygen atoms in total. The molecule has 0 aromatic carbocycles. The molecule has 0 unspecified atom stereocenters. The molecule has 0 spiro atoms. The molecular formula is C9H14F2N2O2S2. The van der Waals surface area contributed by atoms with Gasteiger partial charge in [-0.1, -0.05) is 0 Å². The van der Waals surface area contributed by atoms with Crippen molar-refractivity contribution >= 4 is 21.4 Å². The van der Waals surface area contributed by atoms with Gasteiger partial charge in [-0.05, 0) is 20.0 Å². The lowest BCUT2D eigenvalue weighted by molar-refractivity contribution is 0.153. The molecule has 0 aliphatic rings. The van der Waals surface area contributed by atoms with E-state index in [4.69, 9.17) is 0 Å². The molecule has 0 aliphatic carbocycles. The Hall–Kier alpha value is -0.570. The van der Waals surface area contributed by atoms with Gasteiger partial charge in [0.2, 0.25) is 10.0 Å². The fourth-order valence-electron chi connectivity index (χ4n) is 1.30. The van der Waals surface area contributed by atoms with Crippen molar-refractivity contribution in [2.45, 2.75) is 24.8 Å². The minimum Gasteiger partial charge on any atom is -0.315 e. The summed E-state index contributed by atoms with van der Waals surface area (Å²) >= 11 is 1.33. The van der Waals surface area contributed by atoms with Crippen LogP contribution in [0.3, 0.4) is 0 Å². The number of rotatable bonds is 6. The molecule has 98 valence electrons. The van der Waals surface area contributed by atoms with Gasteiger partial charge in [-0.2, -0.15) is 0 Å². The number of hydrogen-bond donors (Lipinski definition) is 2. The highest BCUT2D eigenvalue weighted by Gasteiger charge is 2.20. The topological polar surface area (TPSA) is 58.2 Å². The van der Waals surface area contributed by atoms with Crippen molar-refractivity contribution in [1.82, 2.24) is 10.0 Å². The largest absolute Gasteiger partial charge is 0.315 e. The molecule has 0 radical (unpaired) electrons. The maximum atomic E-state index is 12.0. The normalized spacial score (nSPS) is 12.3. The molecule has 0 saturated heterocycles. The van der Waals surface area contributed by atoms with Gasteiger partial charge in [-0.25, -0.2) is 21.9 Å². The Morgan fingerprint density at radius 1 is 1.47 bits per heavy atom. The Labute approximate surface area is 103 Å². The lowest BCUT2D eigenvalue weighted by atomic mass is 10.4. The van der Waals surface area contributed by atoms with Crippen molar-refractivity contribution in [3.05, 3.63) is 15.8 Å². The van der Waals surface area contributed by atoms with Crippen molar-refractivity contribution in [3.8, 4) is 0 Å². The van der Waals surface area contributed by atoms with Gasteiger partial charge in [0.15, 0.2) is 0 Å². The van der Waals surface area contributed by atoms with E-state index in [1.807, 2.05) is 4.72 Å². The number of sulfonamides is 1. The highest BCUT2D eigenvalue weighted by atomic mass is 32.2. The standard InChI is InChI=1S/C9H14F2N2O2S2/c1-6-8(3-7(16-6)4-12-2)17(14,15)13-5-9(10)11/h3,9,12-13H,4-5H2,1-2H3. The van der Waals surface area contributed by atoms with Crippen LogP contribution < -0.4 is 10.0 Å². The highest BCUT2D eigenvalue weighted by Crippen LogP contribution is 2.25. The maximum absolute atomic E-state index is 12.0. The van der Waals surface area contributed by atoms with Crippen LogP contribution in [0.5, 0.6) is 0 Å². The number of halogens is 2. The first-order valence-electron chi connectivity index (χ1n) is 4.88. The Bertz CT molecular complexity index is 471. The van der Waals surface area contributed by atoms with Crippen LogP contribution in [-0.4, -0.2) is 28.4 Å². The first kappa shape index (κ1) is 14.5. The van der Waals surface area contributed by atoms with Crippen LogP contribution in [0, 0.1) is 6.92 Å². The summed E-state index contributed by atoms with van der Waals surface area (Å²) in [5, 5.41) is 2.90. The first-order chi connectivity index (χ1) is 7.86. The molecule has 0 fully saturated rings. The summed E-state index contributed by atoms with van der Waals surface area (Å²) in [5.41, 5.74) is 0. The molecule has 0 bridgehead atoms. The van der Waals surface area contributed by atoms with Crippen LogP contribution in [-0.2, 0) is 16.6 Å². The molecular weight excluding hydrogens is 270 g/mol. The number of alkyl halides is 2. The van der Waals surface area contributed by atoms with Crippen LogP contribution >= 0.6 is 11.3 Å². The van der Waals surface area contributed by atoms with E-state index in [1.54, 1.807) is 14.0 Å². The van der Waals surface area contributed by atoms with Gasteiger partial charge in [0.1, 0.15) is 0 Å². The van der Waals surface area contributed by atoms with Crippen molar-refractivity contribution < 1.29 is 17.2 Å². The molecule has 17 heavy (non-hydrogen) atoms. The number of aryl methyl sites for hydroxylation is 1. The first-order valence-corrected chi connectivity index (χ1v) is 7.18. The highest BCUT2D eigenvalue weighted by molar-refractivity contribution is 7.89. The van der Waals surface area contributed by atoms with Gasteiger partial charge in [0.05, 0.1) is 11.4 Å². The molecule has 0 amide bonds. The molecule has 1 rings (SSSR count). The van der Waals surface area contributed by atoms with Crippen molar-refractivity contribution in [2.75, 3.05) is 13.6 Å². The Kier molecular flexibility index (Phi) is 4.99. The van der Waals surface area contributed by atoms with Gasteiger partial charge >= 0.3 is 0 Å². The second kappa shape index (κ2) is 5.85.